The first-order valence-electron chi connectivity index (χ1n) is 10.5. The van der Waals surface area contributed by atoms with Gasteiger partial charge in [-0.25, -0.2) is 0 Å². The average Bonchev–Trinajstić information content (AvgIpc) is 2.88. The van der Waals surface area contributed by atoms with Gasteiger partial charge >= 0.3 is 0 Å². The van der Waals surface area contributed by atoms with Gasteiger partial charge in [-0.15, -0.1) is 0 Å². The molecular formula is C26H22N4O3. The van der Waals surface area contributed by atoms with Gasteiger partial charge in [0.2, 0.25) is 11.8 Å². The maximum atomic E-state index is 13.4. The van der Waals surface area contributed by atoms with Gasteiger partial charge in [0.1, 0.15) is 6.54 Å². The highest BCUT2D eigenvalue weighted by atomic mass is 16.2. The summed E-state index contributed by atoms with van der Waals surface area (Å²) >= 11 is 0. The van der Waals surface area contributed by atoms with Crippen molar-refractivity contribution in [1.82, 2.24) is 4.98 Å². The van der Waals surface area contributed by atoms with E-state index in [4.69, 9.17) is 0 Å². The summed E-state index contributed by atoms with van der Waals surface area (Å²) in [5, 5.41) is 12.3. The van der Waals surface area contributed by atoms with Crippen LogP contribution in [0.3, 0.4) is 0 Å². The number of hydrogen-bond donors (Lipinski definition) is 1. The third-order valence-corrected chi connectivity index (χ3v) is 5.81. The maximum Gasteiger partial charge on any atom is 0.244 e. The van der Waals surface area contributed by atoms with Gasteiger partial charge in [0.05, 0.1) is 28.9 Å². The van der Waals surface area contributed by atoms with Crippen LogP contribution >= 0.6 is 0 Å². The Bertz CT molecular complexity index is 1320. The summed E-state index contributed by atoms with van der Waals surface area (Å²) in [5.41, 5.74) is 4.93. The molecular weight excluding hydrogens is 416 g/mol. The molecule has 1 N–H and O–H groups in total. The lowest BCUT2D eigenvalue weighted by Crippen LogP contribution is -2.40. The molecule has 1 aromatic heterocycles. The number of ketones is 1. The molecule has 1 aliphatic heterocycles. The van der Waals surface area contributed by atoms with E-state index in [-0.39, 0.29) is 24.1 Å². The van der Waals surface area contributed by atoms with Crippen molar-refractivity contribution < 1.29 is 14.4 Å². The van der Waals surface area contributed by atoms with E-state index in [1.807, 2.05) is 6.07 Å². The number of rotatable bonds is 4. The molecule has 3 aromatic rings. The molecule has 2 heterocycles. The van der Waals surface area contributed by atoms with Crippen molar-refractivity contribution in [3.05, 3.63) is 77.1 Å². The van der Waals surface area contributed by atoms with Crippen LogP contribution < -0.4 is 10.2 Å². The number of anilines is 2. The first-order valence-corrected chi connectivity index (χ1v) is 10.5. The second-order valence-corrected chi connectivity index (χ2v) is 8.06. The predicted octanol–water partition coefficient (Wildman–Crippen LogP) is 4.22. The number of Topliss-reactive ketones (excluding diaryl/α,β-unsaturated/α-hetero) is 1. The molecule has 0 saturated carbocycles. The Morgan fingerprint density at radius 3 is 2.55 bits per heavy atom. The number of carbonyl (C=O) groups excluding carboxylic acids is 3. The molecule has 0 fully saturated rings. The molecule has 7 heteroatoms. The summed E-state index contributed by atoms with van der Waals surface area (Å²) in [7, 11) is 0. The fourth-order valence-corrected chi connectivity index (χ4v) is 4.01. The van der Waals surface area contributed by atoms with E-state index in [0.29, 0.717) is 39.3 Å². The van der Waals surface area contributed by atoms with E-state index in [0.717, 1.165) is 5.56 Å². The first-order chi connectivity index (χ1) is 15.8. The monoisotopic (exact) mass is 438 g/mol. The highest BCUT2D eigenvalue weighted by molar-refractivity contribution is 6.09. The van der Waals surface area contributed by atoms with E-state index in [1.165, 1.54) is 11.8 Å². The summed E-state index contributed by atoms with van der Waals surface area (Å²) in [4.78, 5) is 43.7. The second-order valence-electron chi connectivity index (χ2n) is 8.06. The summed E-state index contributed by atoms with van der Waals surface area (Å²) in [6.45, 7) is 4.84. The minimum atomic E-state index is -0.568. The Balaban J connectivity index is 1.72. The smallest absolute Gasteiger partial charge is 0.244 e. The highest BCUT2D eigenvalue weighted by Crippen LogP contribution is 2.41. The Kier molecular flexibility index (Phi) is 5.76. The van der Waals surface area contributed by atoms with E-state index < -0.39 is 5.92 Å². The number of hydrogen-bond acceptors (Lipinski definition) is 5. The predicted molar refractivity (Wildman–Crippen MR) is 125 cm³/mol. The first kappa shape index (κ1) is 21.9. The number of nitriles is 1. The molecule has 164 valence electrons. The molecule has 33 heavy (non-hydrogen) atoms. The third-order valence-electron chi connectivity index (χ3n) is 5.81. The number of pyridine rings is 1. The normalized spacial score (nSPS) is 14.5. The van der Waals surface area contributed by atoms with Crippen molar-refractivity contribution in [3.8, 4) is 17.2 Å². The zero-order valence-corrected chi connectivity index (χ0v) is 18.5. The van der Waals surface area contributed by atoms with Crippen LogP contribution in [0.4, 0.5) is 11.4 Å². The van der Waals surface area contributed by atoms with Crippen molar-refractivity contribution in [3.63, 3.8) is 0 Å². The van der Waals surface area contributed by atoms with Crippen LogP contribution in [0.2, 0.25) is 0 Å². The number of fused-ring (bicyclic) bond motifs is 3. The van der Waals surface area contributed by atoms with Crippen LogP contribution in [0.15, 0.2) is 54.7 Å². The fourth-order valence-electron chi connectivity index (χ4n) is 4.01. The minimum Gasteiger partial charge on any atom is -0.325 e. The molecule has 2 amide bonds. The summed E-state index contributed by atoms with van der Waals surface area (Å²) in [5.74, 6) is -1.26. The van der Waals surface area contributed by atoms with E-state index in [2.05, 4.69) is 16.4 Å². The number of amides is 2. The van der Waals surface area contributed by atoms with Crippen molar-refractivity contribution in [1.29, 1.82) is 5.26 Å². The molecule has 4 rings (SSSR count). The molecule has 0 aliphatic carbocycles. The molecule has 0 bridgehead atoms. The number of nitrogens with one attached hydrogen (secondary N) is 1. The number of aromatic nitrogens is 1. The largest absolute Gasteiger partial charge is 0.325 e. The zero-order valence-electron chi connectivity index (χ0n) is 18.5. The Labute approximate surface area is 191 Å². The van der Waals surface area contributed by atoms with Crippen LogP contribution in [0.1, 0.15) is 46.9 Å². The second kappa shape index (κ2) is 8.67. The molecule has 7 nitrogen and oxygen atoms in total. The highest BCUT2D eigenvalue weighted by Gasteiger charge is 2.34. The fraction of sp³-hybridized carbons (Fsp3) is 0.192. The lowest BCUT2D eigenvalue weighted by molar-refractivity contribution is -0.122. The van der Waals surface area contributed by atoms with Crippen LogP contribution in [0, 0.1) is 18.3 Å². The Morgan fingerprint density at radius 1 is 1.15 bits per heavy atom. The standard InChI is InChI=1S/C26H22N4O3/c1-15-11-23-22(12-19(15)13-27)21-5-4-10-28-25(21)16(2)26(33)30(23)14-24(32)29-20-8-6-18(7-9-20)17(3)31/h4-12,16H,14H2,1-3H3,(H,29,32)/t16-/m0/s1. The summed E-state index contributed by atoms with van der Waals surface area (Å²) in [6, 6.07) is 16.0. The van der Waals surface area contributed by atoms with E-state index in [9.17, 15) is 19.6 Å². The quantitative estimate of drug-likeness (QED) is 0.615. The third kappa shape index (κ3) is 4.11. The van der Waals surface area contributed by atoms with Gasteiger partial charge in [-0.05, 0) is 68.8 Å². The van der Waals surface area contributed by atoms with Crippen LogP contribution in [-0.2, 0) is 9.59 Å². The minimum absolute atomic E-state index is 0.0612. The SMILES string of the molecule is CC(=O)c1ccc(NC(=O)CN2C(=O)[C@@H](C)c3ncccc3-c3cc(C#N)c(C)cc32)cc1. The molecule has 0 spiro atoms. The van der Waals surface area contributed by atoms with E-state index >= 15 is 0 Å². The zero-order chi connectivity index (χ0) is 23.7. The maximum absolute atomic E-state index is 13.4. The lowest BCUT2D eigenvalue weighted by atomic mass is 9.95. The molecule has 1 atom stereocenters. The van der Waals surface area contributed by atoms with Gasteiger partial charge in [0.15, 0.2) is 5.78 Å². The lowest BCUT2D eigenvalue weighted by Gasteiger charge is -2.25. The molecule has 0 unspecified atom stereocenters. The van der Waals surface area contributed by atoms with Gasteiger partial charge in [-0.2, -0.15) is 5.26 Å². The summed E-state index contributed by atoms with van der Waals surface area (Å²) < 4.78 is 0. The molecule has 0 saturated heterocycles. The van der Waals surface area contributed by atoms with Crippen molar-refractivity contribution in [2.45, 2.75) is 26.7 Å². The van der Waals surface area contributed by atoms with Crippen LogP contribution in [0.5, 0.6) is 0 Å². The molecule has 0 radical (unpaired) electrons. The summed E-state index contributed by atoms with van der Waals surface area (Å²) in [6.07, 6.45) is 1.63. The molecule has 2 aromatic carbocycles. The van der Waals surface area contributed by atoms with Crippen molar-refractivity contribution >= 4 is 29.0 Å². The van der Waals surface area contributed by atoms with Gasteiger partial charge in [0, 0.05) is 28.6 Å². The number of benzene rings is 2. The molecule has 1 aliphatic rings. The number of nitrogens with zero attached hydrogens (tertiary/aromatic N) is 3. The van der Waals surface area contributed by atoms with E-state index in [1.54, 1.807) is 62.5 Å². The topological polar surface area (TPSA) is 103 Å². The Hall–Kier alpha value is -4.31. The van der Waals surface area contributed by atoms with Gasteiger partial charge in [-0.3, -0.25) is 19.4 Å². The van der Waals surface area contributed by atoms with Gasteiger partial charge in [0.25, 0.3) is 0 Å². The average molecular weight is 438 g/mol. The van der Waals surface area contributed by atoms with Gasteiger partial charge in [-0.1, -0.05) is 6.07 Å². The van der Waals surface area contributed by atoms with Crippen LogP contribution in [0.25, 0.3) is 11.1 Å². The Morgan fingerprint density at radius 2 is 1.88 bits per heavy atom. The van der Waals surface area contributed by atoms with Crippen molar-refractivity contribution in [2.24, 2.45) is 0 Å². The van der Waals surface area contributed by atoms with Gasteiger partial charge < -0.3 is 10.2 Å². The van der Waals surface area contributed by atoms with Crippen LogP contribution in [-0.4, -0.2) is 29.1 Å². The van der Waals surface area contributed by atoms with Crippen molar-refractivity contribution in [2.75, 3.05) is 16.8 Å². The number of carbonyl (C=O) groups is 3. The number of aryl methyl sites for hydroxylation is 1.